The van der Waals surface area contributed by atoms with Gasteiger partial charge in [-0.2, -0.15) is 11.8 Å². The van der Waals surface area contributed by atoms with Gasteiger partial charge in [-0.1, -0.05) is 18.2 Å². The van der Waals surface area contributed by atoms with E-state index >= 15 is 0 Å². The first-order valence-electron chi connectivity index (χ1n) is 8.83. The Morgan fingerprint density at radius 1 is 1.19 bits per heavy atom. The van der Waals surface area contributed by atoms with Crippen LogP contribution in [0.2, 0.25) is 0 Å². The predicted molar refractivity (Wildman–Crippen MR) is 111 cm³/mol. The number of thioether (sulfide) groups is 1. The van der Waals surface area contributed by atoms with E-state index < -0.39 is 4.92 Å². The van der Waals surface area contributed by atoms with Crippen LogP contribution in [0.5, 0.6) is 0 Å². The standard InChI is InChI=1S/C19H25N5O2S/c1-27-14-4-12-21-19(22-13-10-17-5-2-3-11-20-17)23-15-16-6-8-18(9-7-16)24(25)26/h2-3,5-9,11H,4,10,12-15H2,1H3,(H2,21,22,23). The van der Waals surface area contributed by atoms with Crippen LogP contribution in [0.15, 0.2) is 53.7 Å². The Kier molecular flexibility index (Phi) is 9.12. The van der Waals surface area contributed by atoms with Crippen LogP contribution in [-0.4, -0.2) is 41.0 Å². The molecule has 1 heterocycles. The van der Waals surface area contributed by atoms with Gasteiger partial charge in [0, 0.05) is 43.5 Å². The van der Waals surface area contributed by atoms with E-state index in [-0.39, 0.29) is 5.69 Å². The zero-order valence-corrected chi connectivity index (χ0v) is 16.2. The molecule has 0 saturated carbocycles. The Hall–Kier alpha value is -2.61. The Morgan fingerprint density at radius 2 is 1.96 bits per heavy atom. The molecule has 0 saturated heterocycles. The fourth-order valence-electron chi connectivity index (χ4n) is 2.35. The maximum Gasteiger partial charge on any atom is 0.269 e. The summed E-state index contributed by atoms with van der Waals surface area (Å²) >= 11 is 1.82. The van der Waals surface area contributed by atoms with E-state index in [1.807, 2.05) is 30.0 Å². The molecule has 1 aromatic heterocycles. The lowest BCUT2D eigenvalue weighted by Gasteiger charge is -2.12. The van der Waals surface area contributed by atoms with Gasteiger partial charge < -0.3 is 10.6 Å². The second-order valence-corrected chi connectivity index (χ2v) is 6.84. The molecule has 0 atom stereocenters. The van der Waals surface area contributed by atoms with Crippen LogP contribution in [0, 0.1) is 10.1 Å². The number of rotatable bonds is 10. The Labute approximate surface area is 163 Å². The van der Waals surface area contributed by atoms with Crippen molar-refractivity contribution >= 4 is 23.4 Å². The van der Waals surface area contributed by atoms with Crippen molar-refractivity contribution in [3.05, 3.63) is 70.0 Å². The number of benzene rings is 1. The molecule has 0 fully saturated rings. The molecule has 0 aliphatic rings. The highest BCUT2D eigenvalue weighted by Crippen LogP contribution is 2.12. The third-order valence-electron chi connectivity index (χ3n) is 3.78. The molecule has 0 unspecified atom stereocenters. The van der Waals surface area contributed by atoms with E-state index in [2.05, 4.69) is 26.9 Å². The minimum atomic E-state index is -0.398. The zero-order chi connectivity index (χ0) is 19.3. The second-order valence-electron chi connectivity index (χ2n) is 5.86. The van der Waals surface area contributed by atoms with Gasteiger partial charge in [-0.3, -0.25) is 15.1 Å². The minimum Gasteiger partial charge on any atom is -0.356 e. The zero-order valence-electron chi connectivity index (χ0n) is 15.4. The molecule has 7 nitrogen and oxygen atoms in total. The largest absolute Gasteiger partial charge is 0.356 e. The van der Waals surface area contributed by atoms with E-state index in [9.17, 15) is 10.1 Å². The second kappa shape index (κ2) is 11.9. The number of aromatic nitrogens is 1. The SMILES string of the molecule is CSCCCNC(=NCc1ccc([N+](=O)[O-])cc1)NCCc1ccccn1. The van der Waals surface area contributed by atoms with Crippen LogP contribution in [0.4, 0.5) is 5.69 Å². The van der Waals surface area contributed by atoms with Gasteiger partial charge in [0.15, 0.2) is 5.96 Å². The molecule has 0 radical (unpaired) electrons. The lowest BCUT2D eigenvalue weighted by atomic mass is 10.2. The average molecular weight is 388 g/mol. The number of non-ortho nitro benzene ring substituents is 1. The molecular weight excluding hydrogens is 362 g/mol. The highest BCUT2D eigenvalue weighted by atomic mass is 32.2. The first-order valence-corrected chi connectivity index (χ1v) is 10.2. The van der Waals surface area contributed by atoms with Crippen molar-refractivity contribution in [1.82, 2.24) is 15.6 Å². The number of guanidine groups is 1. The van der Waals surface area contributed by atoms with Crippen molar-refractivity contribution < 1.29 is 4.92 Å². The topological polar surface area (TPSA) is 92.5 Å². The molecule has 2 rings (SSSR count). The summed E-state index contributed by atoms with van der Waals surface area (Å²) in [6.07, 6.45) is 5.75. The fourth-order valence-corrected chi connectivity index (χ4v) is 2.78. The first kappa shape index (κ1) is 20.7. The van der Waals surface area contributed by atoms with Crippen LogP contribution < -0.4 is 10.6 Å². The molecule has 0 aliphatic carbocycles. The molecule has 27 heavy (non-hydrogen) atoms. The molecule has 144 valence electrons. The molecule has 0 aliphatic heterocycles. The quantitative estimate of drug-likeness (QED) is 0.214. The number of nitrogens with one attached hydrogen (secondary N) is 2. The van der Waals surface area contributed by atoms with E-state index in [4.69, 9.17) is 0 Å². The fraction of sp³-hybridized carbons (Fsp3) is 0.368. The Bertz CT molecular complexity index is 723. The van der Waals surface area contributed by atoms with Gasteiger partial charge in [0.05, 0.1) is 11.5 Å². The number of hydrogen-bond acceptors (Lipinski definition) is 5. The third kappa shape index (κ3) is 8.08. The minimum absolute atomic E-state index is 0.0895. The summed E-state index contributed by atoms with van der Waals surface area (Å²) in [5.74, 6) is 1.83. The molecule has 0 spiro atoms. The molecule has 1 aromatic carbocycles. The molecule has 2 aromatic rings. The maximum atomic E-state index is 10.7. The van der Waals surface area contributed by atoms with Crippen molar-refractivity contribution in [3.8, 4) is 0 Å². The van der Waals surface area contributed by atoms with Crippen molar-refractivity contribution in [2.45, 2.75) is 19.4 Å². The number of nitro groups is 1. The Morgan fingerprint density at radius 3 is 2.63 bits per heavy atom. The van der Waals surface area contributed by atoms with Crippen LogP contribution in [-0.2, 0) is 13.0 Å². The van der Waals surface area contributed by atoms with Crippen molar-refractivity contribution in [2.75, 3.05) is 25.1 Å². The van der Waals surface area contributed by atoms with E-state index in [1.54, 1.807) is 18.3 Å². The summed E-state index contributed by atoms with van der Waals surface area (Å²) in [6.45, 7) is 2.03. The summed E-state index contributed by atoms with van der Waals surface area (Å²) < 4.78 is 0. The summed E-state index contributed by atoms with van der Waals surface area (Å²) in [7, 11) is 0. The van der Waals surface area contributed by atoms with Crippen LogP contribution in [0.25, 0.3) is 0 Å². The van der Waals surface area contributed by atoms with Gasteiger partial charge in [-0.25, -0.2) is 4.99 Å². The molecule has 8 heteroatoms. The molecule has 2 N–H and O–H groups in total. The van der Waals surface area contributed by atoms with Crippen molar-refractivity contribution in [1.29, 1.82) is 0 Å². The molecule has 0 amide bonds. The predicted octanol–water partition coefficient (Wildman–Crippen LogP) is 3.02. The number of nitrogens with zero attached hydrogens (tertiary/aromatic N) is 3. The number of nitro benzene ring substituents is 1. The average Bonchev–Trinajstić information content (AvgIpc) is 2.70. The molecule has 0 bridgehead atoms. The highest BCUT2D eigenvalue weighted by Gasteiger charge is 2.04. The van der Waals surface area contributed by atoms with E-state index in [0.717, 1.165) is 48.9 Å². The molecular formula is C19H25N5O2S. The Balaban J connectivity index is 1.90. The van der Waals surface area contributed by atoms with Gasteiger partial charge in [0.2, 0.25) is 0 Å². The summed E-state index contributed by atoms with van der Waals surface area (Å²) in [4.78, 5) is 19.3. The van der Waals surface area contributed by atoms with Gasteiger partial charge in [-0.15, -0.1) is 0 Å². The van der Waals surface area contributed by atoms with Gasteiger partial charge in [-0.05, 0) is 36.1 Å². The van der Waals surface area contributed by atoms with Gasteiger partial charge in [0.1, 0.15) is 0 Å². The van der Waals surface area contributed by atoms with Crippen molar-refractivity contribution in [2.24, 2.45) is 4.99 Å². The first-order chi connectivity index (χ1) is 13.2. The monoisotopic (exact) mass is 387 g/mol. The van der Waals surface area contributed by atoms with Crippen LogP contribution in [0.1, 0.15) is 17.7 Å². The van der Waals surface area contributed by atoms with Gasteiger partial charge in [0.25, 0.3) is 5.69 Å². The lowest BCUT2D eigenvalue weighted by Crippen LogP contribution is -2.39. The smallest absolute Gasteiger partial charge is 0.269 e. The summed E-state index contributed by atoms with van der Waals surface area (Å²) in [5, 5.41) is 17.4. The van der Waals surface area contributed by atoms with E-state index in [1.165, 1.54) is 12.1 Å². The summed E-state index contributed by atoms with van der Waals surface area (Å²) in [5.41, 5.74) is 2.05. The van der Waals surface area contributed by atoms with Crippen molar-refractivity contribution in [3.63, 3.8) is 0 Å². The lowest BCUT2D eigenvalue weighted by molar-refractivity contribution is -0.384. The number of aliphatic imine (C=N–C) groups is 1. The van der Waals surface area contributed by atoms with Gasteiger partial charge >= 0.3 is 0 Å². The van der Waals surface area contributed by atoms with E-state index in [0.29, 0.717) is 6.54 Å². The summed E-state index contributed by atoms with van der Waals surface area (Å²) in [6, 6.07) is 12.4. The van der Waals surface area contributed by atoms with Crippen LogP contribution >= 0.6 is 11.8 Å². The number of hydrogen-bond donors (Lipinski definition) is 2. The van der Waals surface area contributed by atoms with Crippen LogP contribution in [0.3, 0.4) is 0 Å². The third-order valence-corrected chi connectivity index (χ3v) is 4.48. The highest BCUT2D eigenvalue weighted by molar-refractivity contribution is 7.98. The number of pyridine rings is 1. The normalized spacial score (nSPS) is 11.2. The maximum absolute atomic E-state index is 10.7.